The van der Waals surface area contributed by atoms with Crippen LogP contribution in [0, 0.1) is 5.82 Å². The Bertz CT molecular complexity index is 414. The van der Waals surface area contributed by atoms with Gasteiger partial charge in [-0.2, -0.15) is 0 Å². The van der Waals surface area contributed by atoms with Crippen LogP contribution < -0.4 is 0 Å². The fourth-order valence-electron chi connectivity index (χ4n) is 2.54. The Kier molecular flexibility index (Phi) is 4.64. The van der Waals surface area contributed by atoms with Gasteiger partial charge in [0, 0.05) is 42.7 Å². The van der Waals surface area contributed by atoms with E-state index in [2.05, 4.69) is 46.5 Å². The maximum atomic E-state index is 13.3. The first-order chi connectivity index (χ1) is 8.84. The van der Waals surface area contributed by atoms with E-state index in [0.717, 1.165) is 42.8 Å². The average molecular weight is 329 g/mol. The first kappa shape index (κ1) is 14.9. The van der Waals surface area contributed by atoms with E-state index in [-0.39, 0.29) is 11.4 Å². The summed E-state index contributed by atoms with van der Waals surface area (Å²) < 4.78 is 14.2. The molecule has 0 unspecified atom stereocenters. The van der Waals surface area contributed by atoms with Crippen molar-refractivity contribution in [3.63, 3.8) is 0 Å². The van der Waals surface area contributed by atoms with Crippen LogP contribution in [0.4, 0.5) is 4.39 Å². The molecule has 1 aliphatic rings. The zero-order chi connectivity index (χ0) is 14.0. The molecule has 0 bridgehead atoms. The number of hydrogen-bond donors (Lipinski definition) is 0. The predicted octanol–water partition coefficient (Wildman–Crippen LogP) is 3.50. The van der Waals surface area contributed by atoms with E-state index in [1.54, 1.807) is 6.07 Å². The Balaban J connectivity index is 1.92. The maximum Gasteiger partial charge on any atom is 0.124 e. The van der Waals surface area contributed by atoms with E-state index < -0.39 is 0 Å². The molecule has 2 nitrogen and oxygen atoms in total. The lowest BCUT2D eigenvalue weighted by molar-refractivity contribution is 0.0590. The van der Waals surface area contributed by atoms with Gasteiger partial charge in [-0.05, 0) is 44.5 Å². The Morgan fingerprint density at radius 1 is 1.11 bits per heavy atom. The summed E-state index contributed by atoms with van der Waals surface area (Å²) in [4.78, 5) is 4.90. The first-order valence-electron chi connectivity index (χ1n) is 6.77. The molecule has 1 fully saturated rings. The molecule has 0 spiro atoms. The van der Waals surface area contributed by atoms with E-state index in [1.807, 2.05) is 6.07 Å². The van der Waals surface area contributed by atoms with Gasteiger partial charge in [0.2, 0.25) is 0 Å². The van der Waals surface area contributed by atoms with Crippen molar-refractivity contribution in [1.82, 2.24) is 9.80 Å². The normalized spacial score (nSPS) is 18.8. The van der Waals surface area contributed by atoms with E-state index in [4.69, 9.17) is 0 Å². The lowest BCUT2D eigenvalue weighted by atomic mass is 10.0. The second kappa shape index (κ2) is 5.90. The monoisotopic (exact) mass is 328 g/mol. The van der Waals surface area contributed by atoms with Crippen molar-refractivity contribution < 1.29 is 4.39 Å². The van der Waals surface area contributed by atoms with E-state index in [0.29, 0.717) is 0 Å². The van der Waals surface area contributed by atoms with E-state index in [9.17, 15) is 4.39 Å². The number of piperazine rings is 1. The Labute approximate surface area is 123 Å². The minimum atomic E-state index is -0.169. The van der Waals surface area contributed by atoms with Gasteiger partial charge in [-0.15, -0.1) is 0 Å². The zero-order valence-corrected chi connectivity index (χ0v) is 13.5. The summed E-state index contributed by atoms with van der Waals surface area (Å²) in [7, 11) is 0. The third-order valence-corrected chi connectivity index (χ3v) is 4.11. The highest BCUT2D eigenvalue weighted by atomic mass is 79.9. The van der Waals surface area contributed by atoms with Crippen LogP contribution in [-0.4, -0.2) is 41.5 Å². The van der Waals surface area contributed by atoms with Crippen molar-refractivity contribution in [2.24, 2.45) is 0 Å². The molecule has 0 aromatic heterocycles. The molecule has 106 valence electrons. The molecule has 0 amide bonds. The summed E-state index contributed by atoms with van der Waals surface area (Å²) in [6.07, 6.45) is 0. The smallest absolute Gasteiger partial charge is 0.124 e. The van der Waals surface area contributed by atoms with Crippen LogP contribution in [0.2, 0.25) is 0 Å². The number of nitrogens with zero attached hydrogens (tertiary/aromatic N) is 2. The number of hydrogen-bond acceptors (Lipinski definition) is 2. The van der Waals surface area contributed by atoms with Crippen LogP contribution >= 0.6 is 15.9 Å². The molecular formula is C15H22BrFN2. The molecule has 0 atom stereocenters. The van der Waals surface area contributed by atoms with Crippen LogP contribution in [0.25, 0.3) is 0 Å². The summed E-state index contributed by atoms with van der Waals surface area (Å²) in [5, 5.41) is 0. The molecule has 1 aliphatic heterocycles. The number of benzene rings is 1. The van der Waals surface area contributed by atoms with Crippen molar-refractivity contribution in [2.45, 2.75) is 32.9 Å². The Morgan fingerprint density at radius 2 is 1.74 bits per heavy atom. The van der Waals surface area contributed by atoms with Crippen LogP contribution in [0.1, 0.15) is 26.3 Å². The molecule has 1 aromatic rings. The SMILES string of the molecule is CC(C)(C)N1CCN(Cc2cc(F)cc(Br)c2)CC1. The molecule has 19 heavy (non-hydrogen) atoms. The van der Waals surface area contributed by atoms with Crippen molar-refractivity contribution in [3.8, 4) is 0 Å². The molecule has 0 saturated carbocycles. The third-order valence-electron chi connectivity index (χ3n) is 3.65. The summed E-state index contributed by atoms with van der Waals surface area (Å²) >= 11 is 3.35. The van der Waals surface area contributed by atoms with E-state index in [1.165, 1.54) is 6.07 Å². The number of rotatable bonds is 2. The molecular weight excluding hydrogens is 307 g/mol. The van der Waals surface area contributed by atoms with Gasteiger partial charge in [-0.3, -0.25) is 9.80 Å². The Hall–Kier alpha value is -0.450. The number of halogens is 2. The highest BCUT2D eigenvalue weighted by Crippen LogP contribution is 2.19. The summed E-state index contributed by atoms with van der Waals surface area (Å²) in [5.41, 5.74) is 1.28. The fraction of sp³-hybridized carbons (Fsp3) is 0.600. The van der Waals surface area contributed by atoms with Gasteiger partial charge >= 0.3 is 0 Å². The first-order valence-corrected chi connectivity index (χ1v) is 7.56. The molecule has 1 aromatic carbocycles. The highest BCUT2D eigenvalue weighted by molar-refractivity contribution is 9.10. The zero-order valence-electron chi connectivity index (χ0n) is 11.9. The van der Waals surface area contributed by atoms with Crippen LogP contribution in [0.15, 0.2) is 22.7 Å². The lowest BCUT2D eigenvalue weighted by Gasteiger charge is -2.42. The molecule has 0 radical (unpaired) electrons. The highest BCUT2D eigenvalue weighted by Gasteiger charge is 2.25. The van der Waals surface area contributed by atoms with E-state index >= 15 is 0 Å². The second-order valence-corrected chi connectivity index (χ2v) is 7.13. The topological polar surface area (TPSA) is 6.48 Å². The van der Waals surface area contributed by atoms with Crippen LogP contribution in [-0.2, 0) is 6.54 Å². The van der Waals surface area contributed by atoms with Gasteiger partial charge in [-0.25, -0.2) is 4.39 Å². The second-order valence-electron chi connectivity index (χ2n) is 6.21. The van der Waals surface area contributed by atoms with Crippen molar-refractivity contribution in [2.75, 3.05) is 26.2 Å². The third kappa shape index (κ3) is 4.26. The fourth-order valence-corrected chi connectivity index (χ4v) is 3.05. The summed E-state index contributed by atoms with van der Waals surface area (Å²) in [6, 6.07) is 5.13. The van der Waals surface area contributed by atoms with Gasteiger partial charge in [0.25, 0.3) is 0 Å². The Morgan fingerprint density at radius 3 is 2.26 bits per heavy atom. The van der Waals surface area contributed by atoms with Gasteiger partial charge < -0.3 is 0 Å². The largest absolute Gasteiger partial charge is 0.297 e. The lowest BCUT2D eigenvalue weighted by Crippen LogP contribution is -2.53. The average Bonchev–Trinajstić information content (AvgIpc) is 2.26. The quantitative estimate of drug-likeness (QED) is 0.819. The molecule has 1 saturated heterocycles. The molecule has 1 heterocycles. The molecule has 0 N–H and O–H groups in total. The summed E-state index contributed by atoms with van der Waals surface area (Å²) in [5.74, 6) is -0.169. The minimum absolute atomic E-state index is 0.169. The maximum absolute atomic E-state index is 13.3. The van der Waals surface area contributed by atoms with Crippen LogP contribution in [0.5, 0.6) is 0 Å². The van der Waals surface area contributed by atoms with Gasteiger partial charge in [0.1, 0.15) is 5.82 Å². The van der Waals surface area contributed by atoms with Crippen molar-refractivity contribution >= 4 is 15.9 Å². The van der Waals surface area contributed by atoms with Gasteiger partial charge in [-0.1, -0.05) is 15.9 Å². The van der Waals surface area contributed by atoms with Gasteiger partial charge in [0.15, 0.2) is 0 Å². The molecule has 0 aliphatic carbocycles. The predicted molar refractivity (Wildman–Crippen MR) is 80.7 cm³/mol. The molecule has 2 rings (SSSR count). The minimum Gasteiger partial charge on any atom is -0.297 e. The standard InChI is InChI=1S/C15H22BrFN2/c1-15(2,3)19-6-4-18(5-7-19)11-12-8-13(16)10-14(17)9-12/h8-10H,4-7,11H2,1-3H3. The molecule has 4 heteroatoms. The van der Waals surface area contributed by atoms with Gasteiger partial charge in [0.05, 0.1) is 0 Å². The van der Waals surface area contributed by atoms with Crippen molar-refractivity contribution in [1.29, 1.82) is 0 Å². The van der Waals surface area contributed by atoms with Crippen molar-refractivity contribution in [3.05, 3.63) is 34.1 Å². The van der Waals surface area contributed by atoms with Crippen LogP contribution in [0.3, 0.4) is 0 Å². The summed E-state index contributed by atoms with van der Waals surface area (Å²) in [6.45, 7) is 11.9.